The molecule has 0 atom stereocenters. The summed E-state index contributed by atoms with van der Waals surface area (Å²) in [5.74, 6) is -0.510. The lowest BCUT2D eigenvalue weighted by Crippen LogP contribution is -2.09. The molecule has 0 saturated heterocycles. The second-order valence-electron chi connectivity index (χ2n) is 4.27. The first-order valence-electron chi connectivity index (χ1n) is 6.49. The lowest BCUT2D eigenvalue weighted by atomic mass is 10.3. The highest BCUT2D eigenvalue weighted by Gasteiger charge is 2.22. The summed E-state index contributed by atoms with van der Waals surface area (Å²) >= 11 is 5.67. The number of ether oxygens (including phenoxy) is 1. The highest BCUT2D eigenvalue weighted by Crippen LogP contribution is 2.25. The van der Waals surface area contributed by atoms with Crippen LogP contribution in [0.15, 0.2) is 18.2 Å². The average Bonchev–Trinajstić information content (AvgIpc) is 2.79. The number of hydrogen-bond acceptors (Lipinski definition) is 4. The van der Waals surface area contributed by atoms with Crippen LogP contribution in [0.2, 0.25) is 5.02 Å². The molecule has 1 aromatic heterocycles. The number of anilines is 1. The SMILES string of the molecule is CCOC(=O)c1nc(CC)n(-c2ccc(Cl)c(F)c2)c1N. The lowest BCUT2D eigenvalue weighted by molar-refractivity contribution is 0.0521. The average molecular weight is 312 g/mol. The molecule has 0 bridgehead atoms. The first kappa shape index (κ1) is 15.3. The molecule has 0 saturated carbocycles. The fourth-order valence-electron chi connectivity index (χ4n) is 1.98. The van der Waals surface area contributed by atoms with E-state index in [4.69, 9.17) is 22.1 Å². The van der Waals surface area contributed by atoms with E-state index in [-0.39, 0.29) is 23.1 Å². The second-order valence-corrected chi connectivity index (χ2v) is 4.68. The number of imidazole rings is 1. The van der Waals surface area contributed by atoms with Crippen molar-refractivity contribution >= 4 is 23.4 Å². The number of aromatic nitrogens is 2. The number of aryl methyl sites for hydroxylation is 1. The van der Waals surface area contributed by atoms with Gasteiger partial charge in [0, 0.05) is 6.42 Å². The quantitative estimate of drug-likeness (QED) is 0.881. The van der Waals surface area contributed by atoms with E-state index >= 15 is 0 Å². The molecular formula is C14H15ClFN3O2. The standard InChI is InChI=1S/C14H15ClFN3O2/c1-3-11-18-12(14(20)21-4-2)13(17)19(11)8-5-6-9(15)10(16)7-8/h5-7H,3-4,17H2,1-2H3. The summed E-state index contributed by atoms with van der Waals surface area (Å²) in [5, 5.41) is 0.0149. The summed E-state index contributed by atoms with van der Waals surface area (Å²) < 4.78 is 20.1. The van der Waals surface area contributed by atoms with E-state index < -0.39 is 11.8 Å². The van der Waals surface area contributed by atoms with Crippen LogP contribution >= 0.6 is 11.6 Å². The maximum atomic E-state index is 13.6. The van der Waals surface area contributed by atoms with Crippen molar-refractivity contribution in [3.63, 3.8) is 0 Å². The van der Waals surface area contributed by atoms with Crippen LogP contribution < -0.4 is 5.73 Å². The Morgan fingerprint density at radius 1 is 1.48 bits per heavy atom. The molecule has 2 rings (SSSR count). The van der Waals surface area contributed by atoms with Crippen molar-refractivity contribution in [3.05, 3.63) is 40.6 Å². The topological polar surface area (TPSA) is 70.1 Å². The van der Waals surface area contributed by atoms with Gasteiger partial charge in [-0.05, 0) is 25.1 Å². The third kappa shape index (κ3) is 2.85. The van der Waals surface area contributed by atoms with E-state index in [9.17, 15) is 9.18 Å². The first-order valence-corrected chi connectivity index (χ1v) is 6.87. The number of esters is 1. The summed E-state index contributed by atoms with van der Waals surface area (Å²) in [5.41, 5.74) is 6.46. The molecule has 5 nitrogen and oxygen atoms in total. The third-order valence-electron chi connectivity index (χ3n) is 2.93. The molecule has 0 fully saturated rings. The van der Waals surface area contributed by atoms with E-state index in [1.54, 1.807) is 13.0 Å². The molecule has 21 heavy (non-hydrogen) atoms. The molecule has 2 N–H and O–H groups in total. The number of nitrogens with two attached hydrogens (primary N) is 1. The molecule has 0 unspecified atom stereocenters. The van der Waals surface area contributed by atoms with E-state index in [1.165, 1.54) is 16.7 Å². The van der Waals surface area contributed by atoms with Gasteiger partial charge in [-0.2, -0.15) is 0 Å². The fourth-order valence-corrected chi connectivity index (χ4v) is 2.10. The minimum atomic E-state index is -0.599. The van der Waals surface area contributed by atoms with Crippen LogP contribution in [0.4, 0.5) is 10.2 Å². The van der Waals surface area contributed by atoms with Crippen molar-refractivity contribution in [1.82, 2.24) is 9.55 Å². The van der Waals surface area contributed by atoms with Gasteiger partial charge < -0.3 is 10.5 Å². The van der Waals surface area contributed by atoms with Crippen LogP contribution in [0.1, 0.15) is 30.2 Å². The molecule has 7 heteroatoms. The number of rotatable bonds is 4. The molecule has 1 heterocycles. The zero-order valence-electron chi connectivity index (χ0n) is 11.7. The van der Waals surface area contributed by atoms with Crippen LogP contribution in [0.25, 0.3) is 5.69 Å². The number of halogens is 2. The summed E-state index contributed by atoms with van der Waals surface area (Å²) in [6, 6.07) is 4.28. The van der Waals surface area contributed by atoms with Gasteiger partial charge in [0.25, 0.3) is 0 Å². The van der Waals surface area contributed by atoms with Gasteiger partial charge in [0.2, 0.25) is 0 Å². The Morgan fingerprint density at radius 2 is 2.19 bits per heavy atom. The molecule has 2 aromatic rings. The Labute approximate surface area is 126 Å². The minimum Gasteiger partial charge on any atom is -0.461 e. The molecule has 0 spiro atoms. The number of benzene rings is 1. The highest BCUT2D eigenvalue weighted by atomic mass is 35.5. The van der Waals surface area contributed by atoms with Crippen molar-refractivity contribution in [3.8, 4) is 5.69 Å². The van der Waals surface area contributed by atoms with Crippen molar-refractivity contribution in [2.24, 2.45) is 0 Å². The maximum Gasteiger partial charge on any atom is 0.360 e. The van der Waals surface area contributed by atoms with E-state index in [1.807, 2.05) is 6.92 Å². The predicted molar refractivity (Wildman–Crippen MR) is 78.3 cm³/mol. The molecule has 112 valence electrons. The number of hydrogen-bond donors (Lipinski definition) is 1. The molecule has 0 aliphatic heterocycles. The molecule has 0 radical (unpaired) electrons. The summed E-state index contributed by atoms with van der Waals surface area (Å²) in [6.45, 7) is 3.78. The molecule has 0 amide bonds. The highest BCUT2D eigenvalue weighted by molar-refractivity contribution is 6.30. The van der Waals surface area contributed by atoms with Gasteiger partial charge in [-0.15, -0.1) is 0 Å². The van der Waals surface area contributed by atoms with Crippen LogP contribution in [-0.4, -0.2) is 22.1 Å². The van der Waals surface area contributed by atoms with Gasteiger partial charge in [0.05, 0.1) is 17.3 Å². The predicted octanol–water partition coefficient (Wildman–Crippen LogP) is 2.99. The molecule has 0 aliphatic carbocycles. The van der Waals surface area contributed by atoms with Gasteiger partial charge in [-0.1, -0.05) is 18.5 Å². The number of carbonyl (C=O) groups is 1. The normalized spacial score (nSPS) is 10.7. The smallest absolute Gasteiger partial charge is 0.360 e. The van der Waals surface area contributed by atoms with E-state index in [0.29, 0.717) is 17.9 Å². The van der Waals surface area contributed by atoms with Gasteiger partial charge in [0.15, 0.2) is 5.69 Å². The van der Waals surface area contributed by atoms with E-state index in [2.05, 4.69) is 4.98 Å². The Hall–Kier alpha value is -2.08. The monoisotopic (exact) mass is 311 g/mol. The van der Waals surface area contributed by atoms with Gasteiger partial charge >= 0.3 is 5.97 Å². The maximum absolute atomic E-state index is 13.6. The van der Waals surface area contributed by atoms with E-state index in [0.717, 1.165) is 0 Å². The Morgan fingerprint density at radius 3 is 2.76 bits per heavy atom. The van der Waals surface area contributed by atoms with Crippen LogP contribution in [0.5, 0.6) is 0 Å². The number of nitrogen functional groups attached to an aromatic ring is 1. The van der Waals surface area contributed by atoms with Crippen LogP contribution in [-0.2, 0) is 11.2 Å². The Kier molecular flexibility index (Phi) is 4.47. The van der Waals surface area contributed by atoms with Crippen LogP contribution in [0.3, 0.4) is 0 Å². The lowest BCUT2D eigenvalue weighted by Gasteiger charge is -2.09. The summed E-state index contributed by atoms with van der Waals surface area (Å²) in [6.07, 6.45) is 0.522. The van der Waals surface area contributed by atoms with Crippen molar-refractivity contribution < 1.29 is 13.9 Å². The molecule has 0 aliphatic rings. The van der Waals surface area contributed by atoms with Gasteiger partial charge in [-0.25, -0.2) is 14.2 Å². The van der Waals surface area contributed by atoms with Crippen molar-refractivity contribution in [2.45, 2.75) is 20.3 Å². The van der Waals surface area contributed by atoms with Gasteiger partial charge in [0.1, 0.15) is 17.5 Å². The second kappa shape index (κ2) is 6.13. The summed E-state index contributed by atoms with van der Waals surface area (Å²) in [7, 11) is 0. The molecular weight excluding hydrogens is 297 g/mol. The largest absolute Gasteiger partial charge is 0.461 e. The third-order valence-corrected chi connectivity index (χ3v) is 3.24. The van der Waals surface area contributed by atoms with Crippen LogP contribution in [0, 0.1) is 5.82 Å². The Balaban J connectivity index is 2.57. The van der Waals surface area contributed by atoms with Gasteiger partial charge in [-0.3, -0.25) is 4.57 Å². The molecule has 1 aromatic carbocycles. The van der Waals surface area contributed by atoms with Crippen molar-refractivity contribution in [2.75, 3.05) is 12.3 Å². The van der Waals surface area contributed by atoms with Crippen molar-refractivity contribution in [1.29, 1.82) is 0 Å². The summed E-state index contributed by atoms with van der Waals surface area (Å²) in [4.78, 5) is 16.0. The first-order chi connectivity index (χ1) is 9.99. The zero-order valence-corrected chi connectivity index (χ0v) is 12.4. The Bertz CT molecular complexity index is 685. The number of nitrogens with zero attached hydrogens (tertiary/aromatic N) is 2. The fraction of sp³-hybridized carbons (Fsp3) is 0.286. The minimum absolute atomic E-state index is 0.0149. The zero-order chi connectivity index (χ0) is 15.6. The number of carbonyl (C=O) groups excluding carboxylic acids is 1.